The number of amides is 1. The summed E-state index contributed by atoms with van der Waals surface area (Å²) in [4.78, 5) is 19.1. The molecular formula is C16H11Br2FN2O2S. The molecule has 8 heteroatoms. The average Bonchev–Trinajstić information content (AvgIpc) is 3.01. The predicted molar refractivity (Wildman–Crippen MR) is 101 cm³/mol. The molecular weight excluding hydrogens is 463 g/mol. The van der Waals surface area contributed by atoms with E-state index >= 15 is 0 Å². The third kappa shape index (κ3) is 3.65. The summed E-state index contributed by atoms with van der Waals surface area (Å²) in [5, 5.41) is 0.560. The first kappa shape index (κ1) is 17.4. The Morgan fingerprint density at radius 2 is 2.04 bits per heavy atom. The standard InChI is InChI=1S/C16H11Br2FN2O2S/c1-2-21-15(22)13(8-11-7-12(17)14(18)23-11)24-16(21)20-10-5-3-9(19)4-6-10/h3-8H,2H2,1H3/b13-8-,20-16?. The van der Waals surface area contributed by atoms with Crippen LogP contribution in [0.15, 0.2) is 53.8 Å². The molecule has 2 aromatic rings. The normalized spacial score (nSPS) is 18.2. The molecule has 0 aliphatic carbocycles. The molecule has 1 aromatic carbocycles. The lowest BCUT2D eigenvalue weighted by Gasteiger charge is -2.11. The van der Waals surface area contributed by atoms with Crippen molar-refractivity contribution in [3.05, 3.63) is 56.0 Å². The van der Waals surface area contributed by atoms with Gasteiger partial charge in [0, 0.05) is 12.6 Å². The number of furan rings is 1. The highest BCUT2D eigenvalue weighted by Gasteiger charge is 2.32. The Labute approximate surface area is 159 Å². The Balaban J connectivity index is 1.92. The Bertz CT molecular complexity index is 827. The fraction of sp³-hybridized carbons (Fsp3) is 0.125. The predicted octanol–water partition coefficient (Wildman–Crippen LogP) is 5.57. The zero-order chi connectivity index (χ0) is 17.3. The van der Waals surface area contributed by atoms with Gasteiger partial charge in [-0.1, -0.05) is 0 Å². The lowest BCUT2D eigenvalue weighted by molar-refractivity contribution is -0.122. The second-order valence-corrected chi connectivity index (χ2v) is 7.38. The number of benzene rings is 1. The number of likely N-dealkylation sites (N-methyl/N-ethyl adjacent to an activating group) is 1. The second-order valence-electron chi connectivity index (χ2n) is 4.80. The van der Waals surface area contributed by atoms with Gasteiger partial charge in [-0.3, -0.25) is 9.69 Å². The molecule has 0 spiro atoms. The van der Waals surface area contributed by atoms with E-state index in [1.54, 1.807) is 29.2 Å². The molecule has 1 aliphatic rings. The molecule has 1 saturated heterocycles. The molecule has 1 fully saturated rings. The van der Waals surface area contributed by atoms with Crippen molar-refractivity contribution >= 4 is 66.5 Å². The van der Waals surface area contributed by atoms with Crippen molar-refractivity contribution < 1.29 is 13.6 Å². The summed E-state index contributed by atoms with van der Waals surface area (Å²) in [6.07, 6.45) is 1.68. The maximum absolute atomic E-state index is 13.0. The van der Waals surface area contributed by atoms with Gasteiger partial charge in [0.1, 0.15) is 11.6 Å². The number of halogens is 3. The molecule has 1 amide bonds. The van der Waals surface area contributed by atoms with Crippen LogP contribution in [0.25, 0.3) is 6.08 Å². The second kappa shape index (κ2) is 7.25. The minimum absolute atomic E-state index is 0.132. The third-order valence-corrected chi connectivity index (χ3v) is 5.91. The smallest absolute Gasteiger partial charge is 0.266 e. The van der Waals surface area contributed by atoms with Gasteiger partial charge in [0.2, 0.25) is 0 Å². The quantitative estimate of drug-likeness (QED) is 0.547. The first-order valence-electron chi connectivity index (χ1n) is 6.98. The average molecular weight is 474 g/mol. The van der Waals surface area contributed by atoms with Crippen LogP contribution in [0.5, 0.6) is 0 Å². The van der Waals surface area contributed by atoms with Crippen LogP contribution in [-0.4, -0.2) is 22.5 Å². The number of carbonyl (C=O) groups excluding carboxylic acids is 1. The van der Waals surface area contributed by atoms with Gasteiger partial charge in [-0.05, 0) is 80.9 Å². The number of hydrogen-bond acceptors (Lipinski definition) is 4. The molecule has 0 saturated carbocycles. The number of carbonyl (C=O) groups is 1. The van der Waals surface area contributed by atoms with Crippen LogP contribution >= 0.6 is 43.6 Å². The number of nitrogens with zero attached hydrogens (tertiary/aromatic N) is 2. The molecule has 0 atom stereocenters. The summed E-state index contributed by atoms with van der Waals surface area (Å²) < 4.78 is 19.8. The van der Waals surface area contributed by atoms with Crippen LogP contribution in [0.3, 0.4) is 0 Å². The maximum Gasteiger partial charge on any atom is 0.266 e. The molecule has 0 unspecified atom stereocenters. The van der Waals surface area contributed by atoms with E-state index in [9.17, 15) is 9.18 Å². The summed E-state index contributed by atoms with van der Waals surface area (Å²) in [6, 6.07) is 7.60. The van der Waals surface area contributed by atoms with Gasteiger partial charge in [-0.2, -0.15) is 0 Å². The number of hydrogen-bond donors (Lipinski definition) is 0. The summed E-state index contributed by atoms with van der Waals surface area (Å²) in [5.74, 6) is 0.103. The first-order chi connectivity index (χ1) is 11.5. The van der Waals surface area contributed by atoms with E-state index in [1.165, 1.54) is 23.9 Å². The largest absolute Gasteiger partial charge is 0.449 e. The van der Waals surface area contributed by atoms with Crippen molar-refractivity contribution in [3.63, 3.8) is 0 Å². The van der Waals surface area contributed by atoms with Crippen LogP contribution in [0.4, 0.5) is 10.1 Å². The molecule has 0 N–H and O–H groups in total. The van der Waals surface area contributed by atoms with E-state index in [1.807, 2.05) is 6.92 Å². The number of amidine groups is 1. The molecule has 1 aromatic heterocycles. The van der Waals surface area contributed by atoms with E-state index in [-0.39, 0.29) is 11.7 Å². The fourth-order valence-electron chi connectivity index (χ4n) is 2.06. The van der Waals surface area contributed by atoms with Gasteiger partial charge in [-0.15, -0.1) is 0 Å². The Morgan fingerprint density at radius 3 is 2.62 bits per heavy atom. The van der Waals surface area contributed by atoms with Crippen LogP contribution in [0.1, 0.15) is 12.7 Å². The lowest BCUT2D eigenvalue weighted by atomic mass is 10.3. The highest BCUT2D eigenvalue weighted by atomic mass is 79.9. The Morgan fingerprint density at radius 1 is 1.33 bits per heavy atom. The zero-order valence-electron chi connectivity index (χ0n) is 12.4. The van der Waals surface area contributed by atoms with Crippen LogP contribution in [0.2, 0.25) is 0 Å². The van der Waals surface area contributed by atoms with Crippen molar-refractivity contribution in [2.24, 2.45) is 4.99 Å². The molecule has 1 aliphatic heterocycles. The van der Waals surface area contributed by atoms with Gasteiger partial charge in [0.25, 0.3) is 5.91 Å². The van der Waals surface area contributed by atoms with Gasteiger partial charge in [-0.25, -0.2) is 9.38 Å². The van der Waals surface area contributed by atoms with E-state index < -0.39 is 0 Å². The molecule has 124 valence electrons. The van der Waals surface area contributed by atoms with Gasteiger partial charge in [0.05, 0.1) is 15.1 Å². The van der Waals surface area contributed by atoms with E-state index in [4.69, 9.17) is 4.42 Å². The molecule has 0 radical (unpaired) electrons. The first-order valence-corrected chi connectivity index (χ1v) is 9.38. The number of rotatable bonds is 3. The van der Waals surface area contributed by atoms with Gasteiger partial charge >= 0.3 is 0 Å². The molecule has 3 rings (SSSR count). The SMILES string of the molecule is CCN1C(=O)/C(=C/c2cc(Br)c(Br)o2)SC1=Nc1ccc(F)cc1. The highest BCUT2D eigenvalue weighted by Crippen LogP contribution is 2.35. The van der Waals surface area contributed by atoms with Crippen molar-refractivity contribution in [2.75, 3.05) is 6.54 Å². The molecule has 24 heavy (non-hydrogen) atoms. The van der Waals surface area contributed by atoms with Crippen molar-refractivity contribution in [2.45, 2.75) is 6.92 Å². The topological polar surface area (TPSA) is 45.8 Å². The van der Waals surface area contributed by atoms with Crippen LogP contribution in [0, 0.1) is 5.82 Å². The van der Waals surface area contributed by atoms with E-state index in [2.05, 4.69) is 36.9 Å². The number of aliphatic imine (C=N–C) groups is 1. The Kier molecular flexibility index (Phi) is 5.27. The zero-order valence-corrected chi connectivity index (χ0v) is 16.4. The molecule has 4 nitrogen and oxygen atoms in total. The van der Waals surface area contributed by atoms with Crippen molar-refractivity contribution in [1.82, 2.24) is 4.90 Å². The van der Waals surface area contributed by atoms with Crippen LogP contribution < -0.4 is 0 Å². The molecule has 0 bridgehead atoms. The van der Waals surface area contributed by atoms with E-state index in [0.717, 1.165) is 4.47 Å². The fourth-order valence-corrected chi connectivity index (χ4v) is 3.71. The lowest BCUT2D eigenvalue weighted by Crippen LogP contribution is -2.28. The number of thioether (sulfide) groups is 1. The van der Waals surface area contributed by atoms with Gasteiger partial charge in [0.15, 0.2) is 9.84 Å². The van der Waals surface area contributed by atoms with Crippen LogP contribution in [-0.2, 0) is 4.79 Å². The summed E-state index contributed by atoms with van der Waals surface area (Å²) in [5.41, 5.74) is 0.592. The van der Waals surface area contributed by atoms with E-state index in [0.29, 0.717) is 32.7 Å². The minimum Gasteiger partial charge on any atom is -0.449 e. The highest BCUT2D eigenvalue weighted by molar-refractivity contribution is 9.13. The summed E-state index contributed by atoms with van der Waals surface area (Å²) >= 11 is 7.87. The minimum atomic E-state index is -0.323. The van der Waals surface area contributed by atoms with Crippen molar-refractivity contribution in [3.8, 4) is 0 Å². The summed E-state index contributed by atoms with van der Waals surface area (Å²) in [7, 11) is 0. The third-order valence-electron chi connectivity index (χ3n) is 3.19. The van der Waals surface area contributed by atoms with Gasteiger partial charge < -0.3 is 4.42 Å². The molecule has 2 heterocycles. The summed E-state index contributed by atoms with van der Waals surface area (Å²) in [6.45, 7) is 2.37. The maximum atomic E-state index is 13.0. The monoisotopic (exact) mass is 472 g/mol. The van der Waals surface area contributed by atoms with Crippen molar-refractivity contribution in [1.29, 1.82) is 0 Å². The Hall–Kier alpha value is -1.38.